The minimum Gasteiger partial charge on any atom is -0.459 e. The zero-order chi connectivity index (χ0) is 23.8. The Bertz CT molecular complexity index is 1060. The number of thioether (sulfide) groups is 1. The lowest BCUT2D eigenvalue weighted by Gasteiger charge is -2.23. The van der Waals surface area contributed by atoms with Crippen molar-refractivity contribution < 1.29 is 28.5 Å². The first-order chi connectivity index (χ1) is 16.7. The number of hydrogen-bond donors (Lipinski definition) is 0. The Morgan fingerprint density at radius 2 is 1.38 bits per heavy atom. The van der Waals surface area contributed by atoms with Crippen LogP contribution in [-0.2, 0) is 24.7 Å². The van der Waals surface area contributed by atoms with Crippen molar-refractivity contribution in [2.45, 2.75) is 29.5 Å². The van der Waals surface area contributed by atoms with Crippen LogP contribution < -0.4 is 0 Å². The average Bonchev–Trinajstić information content (AvgIpc) is 3.23. The standard InChI is InChI=1S/C27H26O6S/c1-30-27-23(33-26(29)21-15-9-4-10-16-21)24(34-18-19-11-5-2-6-12-19)22(32-27)17-31-25(28)20-13-7-3-8-14-20/h2-16,22-24,27H,17-18H2,1H3. The molecule has 176 valence electrons. The minimum atomic E-state index is -0.777. The maximum absolute atomic E-state index is 12.8. The van der Waals surface area contributed by atoms with Crippen LogP contribution in [0.4, 0.5) is 0 Å². The number of methoxy groups -OCH3 is 1. The lowest BCUT2D eigenvalue weighted by molar-refractivity contribution is -0.154. The molecule has 3 aromatic carbocycles. The predicted molar refractivity (Wildman–Crippen MR) is 130 cm³/mol. The second-order valence-corrected chi connectivity index (χ2v) is 8.91. The first-order valence-corrected chi connectivity index (χ1v) is 12.0. The van der Waals surface area contributed by atoms with Crippen LogP contribution in [0.15, 0.2) is 91.0 Å². The number of rotatable bonds is 9. The SMILES string of the molecule is COC1OC(COC(=O)c2ccccc2)C(SCc2ccccc2)C1OC(=O)c1ccccc1. The van der Waals surface area contributed by atoms with Crippen LogP contribution in [0.5, 0.6) is 0 Å². The molecule has 1 aliphatic rings. The molecule has 0 N–H and O–H groups in total. The molecule has 4 rings (SSSR count). The van der Waals surface area contributed by atoms with Gasteiger partial charge in [-0.15, -0.1) is 11.8 Å². The van der Waals surface area contributed by atoms with Crippen LogP contribution in [0.25, 0.3) is 0 Å². The smallest absolute Gasteiger partial charge is 0.338 e. The number of esters is 2. The number of carbonyl (C=O) groups excluding carboxylic acids is 2. The van der Waals surface area contributed by atoms with Crippen molar-refractivity contribution in [2.75, 3.05) is 13.7 Å². The molecule has 3 aromatic rings. The van der Waals surface area contributed by atoms with Gasteiger partial charge in [0.25, 0.3) is 0 Å². The quantitative estimate of drug-likeness (QED) is 0.411. The summed E-state index contributed by atoms with van der Waals surface area (Å²) in [7, 11) is 1.51. The van der Waals surface area contributed by atoms with E-state index in [9.17, 15) is 9.59 Å². The van der Waals surface area contributed by atoms with Gasteiger partial charge in [0.2, 0.25) is 0 Å². The summed E-state index contributed by atoms with van der Waals surface area (Å²) in [6.45, 7) is 0.0133. The third kappa shape index (κ3) is 6.05. The van der Waals surface area contributed by atoms with E-state index in [2.05, 4.69) is 0 Å². The summed E-state index contributed by atoms with van der Waals surface area (Å²) in [5.74, 6) is -0.216. The van der Waals surface area contributed by atoms with E-state index in [0.29, 0.717) is 16.9 Å². The van der Waals surface area contributed by atoms with Crippen LogP contribution >= 0.6 is 11.8 Å². The molecule has 7 heteroatoms. The van der Waals surface area contributed by atoms with Crippen molar-refractivity contribution in [3.05, 3.63) is 108 Å². The summed E-state index contributed by atoms with van der Waals surface area (Å²) < 4.78 is 23.0. The average molecular weight is 479 g/mol. The van der Waals surface area contributed by atoms with E-state index in [1.807, 2.05) is 42.5 Å². The summed E-state index contributed by atoms with van der Waals surface area (Å²) in [5.41, 5.74) is 2.04. The van der Waals surface area contributed by atoms with Gasteiger partial charge in [0, 0.05) is 12.9 Å². The van der Waals surface area contributed by atoms with Crippen molar-refractivity contribution in [2.24, 2.45) is 0 Å². The molecule has 4 atom stereocenters. The summed E-state index contributed by atoms with van der Waals surface area (Å²) in [4.78, 5) is 25.3. The lowest BCUT2D eigenvalue weighted by atomic mass is 10.2. The molecule has 0 saturated carbocycles. The Kier molecular flexibility index (Phi) is 8.36. The molecule has 1 aliphatic heterocycles. The topological polar surface area (TPSA) is 71.1 Å². The molecule has 0 amide bonds. The maximum Gasteiger partial charge on any atom is 0.338 e. The Morgan fingerprint density at radius 3 is 1.97 bits per heavy atom. The normalized spacial score (nSPS) is 21.7. The highest BCUT2D eigenvalue weighted by atomic mass is 32.2. The molecule has 0 bridgehead atoms. The van der Waals surface area contributed by atoms with Gasteiger partial charge in [-0.2, -0.15) is 0 Å². The summed E-state index contributed by atoms with van der Waals surface area (Å²) in [6, 6.07) is 27.6. The molecule has 4 unspecified atom stereocenters. The van der Waals surface area contributed by atoms with Gasteiger partial charge in [-0.05, 0) is 29.8 Å². The first kappa shape index (κ1) is 24.0. The Morgan fingerprint density at radius 1 is 0.824 bits per heavy atom. The number of carbonyl (C=O) groups is 2. The van der Waals surface area contributed by atoms with Crippen LogP contribution in [0.3, 0.4) is 0 Å². The Balaban J connectivity index is 1.49. The van der Waals surface area contributed by atoms with E-state index in [0.717, 1.165) is 5.56 Å². The maximum atomic E-state index is 12.8. The van der Waals surface area contributed by atoms with Crippen LogP contribution in [0.2, 0.25) is 0 Å². The van der Waals surface area contributed by atoms with Gasteiger partial charge in [0.15, 0.2) is 12.4 Å². The summed E-state index contributed by atoms with van der Waals surface area (Å²) >= 11 is 1.58. The summed E-state index contributed by atoms with van der Waals surface area (Å²) in [6.07, 6.45) is -1.96. The van der Waals surface area contributed by atoms with Gasteiger partial charge in [0.05, 0.1) is 16.4 Å². The van der Waals surface area contributed by atoms with Crippen LogP contribution in [0.1, 0.15) is 26.3 Å². The molecular weight excluding hydrogens is 452 g/mol. The highest BCUT2D eigenvalue weighted by molar-refractivity contribution is 7.99. The first-order valence-electron chi connectivity index (χ1n) is 11.0. The molecule has 34 heavy (non-hydrogen) atoms. The van der Waals surface area contributed by atoms with Crippen molar-refractivity contribution >= 4 is 23.7 Å². The largest absolute Gasteiger partial charge is 0.459 e. The molecular formula is C27H26O6S. The molecule has 1 fully saturated rings. The highest BCUT2D eigenvalue weighted by Crippen LogP contribution is 2.36. The second-order valence-electron chi connectivity index (χ2n) is 7.74. The van der Waals surface area contributed by atoms with Gasteiger partial charge in [-0.1, -0.05) is 66.7 Å². The van der Waals surface area contributed by atoms with Crippen LogP contribution in [0, 0.1) is 0 Å². The number of benzene rings is 3. The fourth-order valence-electron chi connectivity index (χ4n) is 3.69. The Labute approximate surface area is 203 Å². The van der Waals surface area contributed by atoms with Gasteiger partial charge in [-0.3, -0.25) is 0 Å². The van der Waals surface area contributed by atoms with Gasteiger partial charge in [0.1, 0.15) is 12.7 Å². The lowest BCUT2D eigenvalue weighted by Crippen LogP contribution is -2.37. The van der Waals surface area contributed by atoms with Crippen molar-refractivity contribution in [1.82, 2.24) is 0 Å². The fraction of sp³-hybridized carbons (Fsp3) is 0.259. The molecule has 0 aromatic heterocycles. The van der Waals surface area contributed by atoms with Crippen molar-refractivity contribution in [1.29, 1.82) is 0 Å². The molecule has 0 spiro atoms. The molecule has 0 aliphatic carbocycles. The molecule has 1 heterocycles. The number of ether oxygens (including phenoxy) is 4. The minimum absolute atomic E-state index is 0.0133. The van der Waals surface area contributed by atoms with Gasteiger partial charge < -0.3 is 18.9 Å². The van der Waals surface area contributed by atoms with Crippen molar-refractivity contribution in [3.63, 3.8) is 0 Å². The van der Waals surface area contributed by atoms with Crippen LogP contribution in [-0.4, -0.2) is 49.4 Å². The Hall–Kier alpha value is -3.13. The molecule has 6 nitrogen and oxygen atoms in total. The fourth-order valence-corrected chi connectivity index (χ4v) is 5.00. The predicted octanol–water partition coefficient (Wildman–Crippen LogP) is 4.74. The van der Waals surface area contributed by atoms with E-state index in [1.165, 1.54) is 7.11 Å². The monoisotopic (exact) mass is 478 g/mol. The second kappa shape index (κ2) is 11.8. The van der Waals surface area contributed by atoms with E-state index < -0.39 is 30.4 Å². The van der Waals surface area contributed by atoms with E-state index in [4.69, 9.17) is 18.9 Å². The van der Waals surface area contributed by atoms with E-state index in [1.54, 1.807) is 60.3 Å². The third-order valence-corrected chi connectivity index (χ3v) is 6.88. The highest BCUT2D eigenvalue weighted by Gasteiger charge is 2.48. The molecule has 1 saturated heterocycles. The third-order valence-electron chi connectivity index (χ3n) is 5.43. The summed E-state index contributed by atoms with van der Waals surface area (Å²) in [5, 5.41) is -0.304. The van der Waals surface area contributed by atoms with Gasteiger partial charge >= 0.3 is 11.9 Å². The number of hydrogen-bond acceptors (Lipinski definition) is 7. The zero-order valence-corrected chi connectivity index (χ0v) is 19.6. The van der Waals surface area contributed by atoms with E-state index >= 15 is 0 Å². The van der Waals surface area contributed by atoms with Gasteiger partial charge in [-0.25, -0.2) is 9.59 Å². The zero-order valence-electron chi connectivity index (χ0n) is 18.7. The van der Waals surface area contributed by atoms with Crippen molar-refractivity contribution in [3.8, 4) is 0 Å². The van der Waals surface area contributed by atoms with E-state index in [-0.39, 0.29) is 11.9 Å². The molecule has 0 radical (unpaired) electrons.